The fraction of sp³-hybridized carbons (Fsp3) is 0.273. The first-order valence-corrected chi connectivity index (χ1v) is 5.34. The molecule has 0 saturated carbocycles. The molecule has 0 bridgehead atoms. The van der Waals surface area contributed by atoms with Crippen LogP contribution in [0.5, 0.6) is 0 Å². The third-order valence-electron chi connectivity index (χ3n) is 2.40. The molecule has 0 aliphatic heterocycles. The lowest BCUT2D eigenvalue weighted by molar-refractivity contribution is -0.385. The fourth-order valence-corrected chi connectivity index (χ4v) is 1.40. The molecule has 102 valence electrons. The molecule has 1 aromatic carbocycles. The largest absolute Gasteiger partial charge is 0.481 e. The van der Waals surface area contributed by atoms with Crippen molar-refractivity contribution >= 4 is 23.3 Å². The van der Waals surface area contributed by atoms with Crippen molar-refractivity contribution in [1.82, 2.24) is 0 Å². The number of carbonyl (C=O) groups excluding carboxylic acids is 1. The maximum absolute atomic E-state index is 11.5. The maximum atomic E-state index is 11.5. The molecule has 1 rings (SSSR count). The van der Waals surface area contributed by atoms with Gasteiger partial charge in [0, 0.05) is 17.3 Å². The number of carboxylic acids is 1. The molecule has 1 unspecified atom stereocenters. The average molecular weight is 267 g/mol. The zero-order chi connectivity index (χ0) is 14.6. The number of nitrogens with two attached hydrogens (primary N) is 1. The first-order chi connectivity index (χ1) is 8.81. The molecule has 0 spiro atoms. The normalized spacial score (nSPS) is 11.7. The summed E-state index contributed by atoms with van der Waals surface area (Å²) in [6.07, 6.45) is -0.514. The first-order valence-electron chi connectivity index (χ1n) is 5.34. The molecular weight excluding hydrogens is 254 g/mol. The zero-order valence-corrected chi connectivity index (χ0v) is 10.1. The molecular formula is C11H13N3O5. The minimum absolute atomic E-state index is 0.135. The molecule has 1 amide bonds. The van der Waals surface area contributed by atoms with Crippen LogP contribution in [0.3, 0.4) is 0 Å². The number of carboxylic acid groups (broad SMARTS) is 1. The number of rotatable bonds is 5. The molecule has 0 saturated heterocycles. The van der Waals surface area contributed by atoms with E-state index in [0.717, 1.165) is 0 Å². The van der Waals surface area contributed by atoms with Gasteiger partial charge in [-0.05, 0) is 13.0 Å². The van der Waals surface area contributed by atoms with E-state index >= 15 is 0 Å². The molecule has 8 nitrogen and oxygen atoms in total. The predicted molar refractivity (Wildman–Crippen MR) is 66.7 cm³/mol. The molecule has 4 N–H and O–H groups in total. The topological polar surface area (TPSA) is 136 Å². The van der Waals surface area contributed by atoms with Gasteiger partial charge in [0.2, 0.25) is 5.91 Å². The number of amides is 1. The lowest BCUT2D eigenvalue weighted by atomic mass is 10.1. The van der Waals surface area contributed by atoms with Crippen molar-refractivity contribution in [2.45, 2.75) is 19.4 Å². The van der Waals surface area contributed by atoms with Gasteiger partial charge in [0.05, 0.1) is 17.4 Å². The molecule has 19 heavy (non-hydrogen) atoms. The van der Waals surface area contributed by atoms with E-state index in [-0.39, 0.29) is 11.4 Å². The summed E-state index contributed by atoms with van der Waals surface area (Å²) in [6, 6.07) is 2.95. The summed E-state index contributed by atoms with van der Waals surface area (Å²) in [6.45, 7) is 1.57. The smallest absolute Gasteiger partial charge is 0.305 e. The minimum Gasteiger partial charge on any atom is -0.481 e. The van der Waals surface area contributed by atoms with Gasteiger partial charge < -0.3 is 16.2 Å². The van der Waals surface area contributed by atoms with E-state index in [1.54, 1.807) is 6.92 Å². The maximum Gasteiger partial charge on any atom is 0.305 e. The van der Waals surface area contributed by atoms with Gasteiger partial charge in [0.25, 0.3) is 5.69 Å². The van der Waals surface area contributed by atoms with E-state index in [1.807, 2.05) is 0 Å². The number of nitrogens with zero attached hydrogens (tertiary/aromatic N) is 1. The van der Waals surface area contributed by atoms with Crippen LogP contribution in [0.2, 0.25) is 0 Å². The van der Waals surface area contributed by atoms with Crippen LogP contribution in [-0.2, 0) is 9.59 Å². The van der Waals surface area contributed by atoms with Crippen molar-refractivity contribution in [2.24, 2.45) is 5.73 Å². The molecule has 0 aromatic heterocycles. The fourth-order valence-electron chi connectivity index (χ4n) is 1.40. The van der Waals surface area contributed by atoms with E-state index in [9.17, 15) is 19.7 Å². The van der Waals surface area contributed by atoms with Crippen molar-refractivity contribution in [2.75, 3.05) is 5.32 Å². The van der Waals surface area contributed by atoms with Gasteiger partial charge in [-0.3, -0.25) is 19.7 Å². The first kappa shape index (κ1) is 14.6. The van der Waals surface area contributed by atoms with Gasteiger partial charge in [0.15, 0.2) is 0 Å². The number of benzene rings is 1. The number of nitro benzene ring substituents is 1. The second-order valence-corrected chi connectivity index (χ2v) is 3.95. The number of hydrogen-bond donors (Lipinski definition) is 3. The summed E-state index contributed by atoms with van der Waals surface area (Å²) in [7, 11) is 0. The van der Waals surface area contributed by atoms with E-state index in [4.69, 9.17) is 10.8 Å². The van der Waals surface area contributed by atoms with Crippen LogP contribution in [0, 0.1) is 17.0 Å². The van der Waals surface area contributed by atoms with Crippen molar-refractivity contribution in [3.05, 3.63) is 33.9 Å². The van der Waals surface area contributed by atoms with Crippen LogP contribution in [0.25, 0.3) is 0 Å². The average Bonchev–Trinajstić information content (AvgIpc) is 2.30. The van der Waals surface area contributed by atoms with Crippen molar-refractivity contribution in [3.63, 3.8) is 0 Å². The van der Waals surface area contributed by atoms with Gasteiger partial charge >= 0.3 is 5.97 Å². The highest BCUT2D eigenvalue weighted by Crippen LogP contribution is 2.22. The second kappa shape index (κ2) is 5.91. The molecule has 0 aliphatic rings. The number of anilines is 1. The van der Waals surface area contributed by atoms with E-state index in [2.05, 4.69) is 5.32 Å². The quantitative estimate of drug-likeness (QED) is 0.529. The predicted octanol–water partition coefficient (Wildman–Crippen LogP) is 0.644. The van der Waals surface area contributed by atoms with Gasteiger partial charge in [0.1, 0.15) is 0 Å². The Labute approximate surface area is 108 Å². The summed E-state index contributed by atoms with van der Waals surface area (Å²) in [5, 5.41) is 21.6. The number of hydrogen-bond acceptors (Lipinski definition) is 5. The van der Waals surface area contributed by atoms with Crippen LogP contribution >= 0.6 is 0 Å². The monoisotopic (exact) mass is 267 g/mol. The number of carbonyl (C=O) groups is 2. The lowest BCUT2D eigenvalue weighted by Gasteiger charge is -2.10. The standard InChI is InChI=1S/C11H13N3O5/c1-6-2-3-7(4-9(6)14(18)19)13-11(17)8(12)5-10(15)16/h2-4,8H,5,12H2,1H3,(H,13,17)(H,15,16). The summed E-state index contributed by atoms with van der Waals surface area (Å²) in [5.41, 5.74) is 5.89. The Hall–Kier alpha value is -2.48. The van der Waals surface area contributed by atoms with Crippen molar-refractivity contribution in [1.29, 1.82) is 0 Å². The Morgan fingerprint density at radius 1 is 1.53 bits per heavy atom. The lowest BCUT2D eigenvalue weighted by Crippen LogP contribution is -2.37. The van der Waals surface area contributed by atoms with E-state index in [1.165, 1.54) is 18.2 Å². The highest BCUT2D eigenvalue weighted by molar-refractivity contribution is 5.96. The van der Waals surface area contributed by atoms with Gasteiger partial charge in [-0.15, -0.1) is 0 Å². The summed E-state index contributed by atoms with van der Waals surface area (Å²) in [4.78, 5) is 32.1. The van der Waals surface area contributed by atoms with Gasteiger partial charge in [-0.25, -0.2) is 0 Å². The second-order valence-electron chi connectivity index (χ2n) is 3.95. The van der Waals surface area contributed by atoms with Crippen molar-refractivity contribution < 1.29 is 19.6 Å². The Morgan fingerprint density at radius 2 is 2.16 bits per heavy atom. The Kier molecular flexibility index (Phi) is 4.54. The van der Waals surface area contributed by atoms with Crippen LogP contribution in [0.15, 0.2) is 18.2 Å². The van der Waals surface area contributed by atoms with Gasteiger partial charge in [-0.2, -0.15) is 0 Å². The zero-order valence-electron chi connectivity index (χ0n) is 10.1. The minimum atomic E-state index is -1.21. The highest BCUT2D eigenvalue weighted by atomic mass is 16.6. The summed E-state index contributed by atoms with van der Waals surface area (Å²) >= 11 is 0. The molecule has 0 heterocycles. The van der Waals surface area contributed by atoms with Crippen LogP contribution in [-0.4, -0.2) is 27.9 Å². The molecule has 1 atom stereocenters. The Balaban J connectivity index is 2.83. The van der Waals surface area contributed by atoms with Crippen LogP contribution in [0.1, 0.15) is 12.0 Å². The third kappa shape index (κ3) is 4.03. The Bertz CT molecular complexity index is 529. The van der Waals surface area contributed by atoms with Crippen molar-refractivity contribution in [3.8, 4) is 0 Å². The molecule has 1 aromatic rings. The number of nitro groups is 1. The van der Waals surface area contributed by atoms with Crippen LogP contribution < -0.4 is 11.1 Å². The van der Waals surface area contributed by atoms with Crippen LogP contribution in [0.4, 0.5) is 11.4 Å². The molecule has 0 radical (unpaired) electrons. The summed E-state index contributed by atoms with van der Waals surface area (Å²) in [5.74, 6) is -1.90. The summed E-state index contributed by atoms with van der Waals surface area (Å²) < 4.78 is 0. The molecule has 0 aliphatic carbocycles. The number of nitrogens with one attached hydrogen (secondary N) is 1. The van der Waals surface area contributed by atoms with E-state index in [0.29, 0.717) is 5.56 Å². The SMILES string of the molecule is Cc1ccc(NC(=O)C(N)CC(=O)O)cc1[N+](=O)[O-]. The number of aryl methyl sites for hydroxylation is 1. The van der Waals surface area contributed by atoms with Gasteiger partial charge in [-0.1, -0.05) is 6.07 Å². The molecule has 0 fully saturated rings. The third-order valence-corrected chi connectivity index (χ3v) is 2.40. The number of aliphatic carboxylic acids is 1. The van der Waals surface area contributed by atoms with E-state index < -0.39 is 29.3 Å². The molecule has 8 heteroatoms. The Morgan fingerprint density at radius 3 is 2.68 bits per heavy atom. The highest BCUT2D eigenvalue weighted by Gasteiger charge is 2.18.